The Labute approximate surface area is 143 Å². The van der Waals surface area contributed by atoms with Crippen LogP contribution in [-0.2, 0) is 0 Å². The number of fused-ring (bicyclic) bond motifs is 1. The monoisotopic (exact) mass is 320 g/mol. The van der Waals surface area contributed by atoms with Gasteiger partial charge in [0.1, 0.15) is 0 Å². The fraction of sp³-hybridized carbons (Fsp3) is 0.300. The summed E-state index contributed by atoms with van der Waals surface area (Å²) < 4.78 is 0. The number of rotatable bonds is 6. The van der Waals surface area contributed by atoms with E-state index in [-0.39, 0.29) is 0 Å². The Bertz CT molecular complexity index is 812. The van der Waals surface area contributed by atoms with Crippen molar-refractivity contribution in [1.29, 1.82) is 0 Å². The lowest BCUT2D eigenvalue weighted by Gasteiger charge is -2.12. The van der Waals surface area contributed by atoms with E-state index < -0.39 is 0 Å². The van der Waals surface area contributed by atoms with Gasteiger partial charge in [-0.05, 0) is 46.1 Å². The minimum absolute atomic E-state index is 0.698. The third kappa shape index (κ3) is 3.89. The van der Waals surface area contributed by atoms with Gasteiger partial charge in [-0.2, -0.15) is 0 Å². The summed E-state index contributed by atoms with van der Waals surface area (Å²) in [5.41, 5.74) is 4.30. The first kappa shape index (κ1) is 16.4. The molecule has 3 rings (SSSR count). The number of aromatic nitrogens is 2. The molecular formula is C20H24N4. The van der Waals surface area contributed by atoms with Gasteiger partial charge in [-0.1, -0.05) is 42.0 Å². The molecule has 124 valence electrons. The van der Waals surface area contributed by atoms with Gasteiger partial charge < -0.3 is 10.2 Å². The summed E-state index contributed by atoms with van der Waals surface area (Å²) >= 11 is 0. The van der Waals surface area contributed by atoms with E-state index >= 15 is 0 Å². The van der Waals surface area contributed by atoms with Crippen molar-refractivity contribution >= 4 is 16.9 Å². The quantitative estimate of drug-likeness (QED) is 0.698. The topological polar surface area (TPSA) is 41.1 Å². The zero-order valence-electron chi connectivity index (χ0n) is 14.6. The average molecular weight is 320 g/mol. The van der Waals surface area contributed by atoms with Crippen molar-refractivity contribution < 1.29 is 0 Å². The lowest BCUT2D eigenvalue weighted by molar-refractivity contribution is 0.405. The van der Waals surface area contributed by atoms with Crippen molar-refractivity contribution in [3.05, 3.63) is 54.1 Å². The summed E-state index contributed by atoms with van der Waals surface area (Å²) in [5, 5.41) is 4.47. The Morgan fingerprint density at radius 2 is 1.79 bits per heavy atom. The van der Waals surface area contributed by atoms with Crippen LogP contribution in [0.3, 0.4) is 0 Å². The van der Waals surface area contributed by atoms with E-state index in [2.05, 4.69) is 66.6 Å². The van der Waals surface area contributed by atoms with Gasteiger partial charge in [0, 0.05) is 17.5 Å². The van der Waals surface area contributed by atoms with Crippen molar-refractivity contribution in [2.45, 2.75) is 13.3 Å². The fourth-order valence-corrected chi connectivity index (χ4v) is 2.73. The van der Waals surface area contributed by atoms with Crippen LogP contribution in [0.4, 0.5) is 5.95 Å². The van der Waals surface area contributed by atoms with Crippen LogP contribution in [-0.4, -0.2) is 42.1 Å². The van der Waals surface area contributed by atoms with Crippen LogP contribution in [0.25, 0.3) is 22.2 Å². The van der Waals surface area contributed by atoms with Crippen LogP contribution in [0.1, 0.15) is 12.0 Å². The molecule has 0 aliphatic heterocycles. The van der Waals surface area contributed by atoms with Crippen LogP contribution in [0, 0.1) is 6.92 Å². The molecule has 4 heteroatoms. The minimum atomic E-state index is 0.698. The van der Waals surface area contributed by atoms with E-state index in [1.54, 1.807) is 0 Å². The number of aryl methyl sites for hydroxylation is 1. The number of hydrogen-bond acceptors (Lipinski definition) is 4. The van der Waals surface area contributed by atoms with Crippen LogP contribution in [0.15, 0.2) is 48.5 Å². The molecule has 1 aromatic heterocycles. The average Bonchev–Trinajstić information content (AvgIpc) is 2.59. The minimum Gasteiger partial charge on any atom is -0.354 e. The molecule has 0 amide bonds. The first-order chi connectivity index (χ1) is 11.6. The molecule has 0 spiro atoms. The predicted octanol–water partition coefficient (Wildman–Crippen LogP) is 3.97. The Morgan fingerprint density at radius 1 is 1.00 bits per heavy atom. The standard InChI is InChI=1S/C20H24N4/c1-15-10-11-18-17(14-15)19(16-8-5-4-6-9-16)23-20(22-18)21-12-7-13-24(2)3/h4-6,8-11,14H,7,12-13H2,1-3H3,(H,21,22,23). The first-order valence-electron chi connectivity index (χ1n) is 8.36. The van der Waals surface area contributed by atoms with Crippen LogP contribution >= 0.6 is 0 Å². The van der Waals surface area contributed by atoms with Crippen molar-refractivity contribution in [1.82, 2.24) is 14.9 Å². The highest BCUT2D eigenvalue weighted by Gasteiger charge is 2.10. The van der Waals surface area contributed by atoms with Gasteiger partial charge in [-0.15, -0.1) is 0 Å². The maximum Gasteiger partial charge on any atom is 0.223 e. The highest BCUT2D eigenvalue weighted by Crippen LogP contribution is 2.27. The maximum atomic E-state index is 4.79. The lowest BCUT2D eigenvalue weighted by Crippen LogP contribution is -2.17. The van der Waals surface area contributed by atoms with E-state index in [0.29, 0.717) is 5.95 Å². The number of nitrogens with one attached hydrogen (secondary N) is 1. The molecule has 0 radical (unpaired) electrons. The summed E-state index contributed by atoms with van der Waals surface area (Å²) in [6.07, 6.45) is 1.06. The van der Waals surface area contributed by atoms with Gasteiger partial charge in [0.2, 0.25) is 5.95 Å². The molecule has 0 aliphatic rings. The Hall–Kier alpha value is -2.46. The highest BCUT2D eigenvalue weighted by atomic mass is 15.1. The molecule has 0 bridgehead atoms. The van der Waals surface area contributed by atoms with Crippen molar-refractivity contribution in [3.8, 4) is 11.3 Å². The zero-order valence-corrected chi connectivity index (χ0v) is 14.6. The predicted molar refractivity (Wildman–Crippen MR) is 101 cm³/mol. The molecule has 3 aromatic rings. The van der Waals surface area contributed by atoms with Crippen LogP contribution in [0.2, 0.25) is 0 Å². The molecule has 2 aromatic carbocycles. The third-order valence-electron chi connectivity index (χ3n) is 3.96. The second-order valence-corrected chi connectivity index (χ2v) is 6.37. The lowest BCUT2D eigenvalue weighted by atomic mass is 10.0. The molecular weight excluding hydrogens is 296 g/mol. The van der Waals surface area contributed by atoms with E-state index in [1.165, 1.54) is 5.56 Å². The smallest absolute Gasteiger partial charge is 0.223 e. The van der Waals surface area contributed by atoms with Crippen molar-refractivity contribution in [2.24, 2.45) is 0 Å². The summed E-state index contributed by atoms with van der Waals surface area (Å²) in [4.78, 5) is 11.7. The Balaban J connectivity index is 1.95. The molecule has 4 nitrogen and oxygen atoms in total. The summed E-state index contributed by atoms with van der Waals surface area (Å²) in [6, 6.07) is 16.6. The fourth-order valence-electron chi connectivity index (χ4n) is 2.73. The normalized spacial score (nSPS) is 11.2. The van der Waals surface area contributed by atoms with E-state index in [1.807, 2.05) is 18.2 Å². The number of hydrogen-bond donors (Lipinski definition) is 1. The highest BCUT2D eigenvalue weighted by molar-refractivity contribution is 5.93. The van der Waals surface area contributed by atoms with Crippen LogP contribution < -0.4 is 5.32 Å². The van der Waals surface area contributed by atoms with Crippen molar-refractivity contribution in [2.75, 3.05) is 32.5 Å². The van der Waals surface area contributed by atoms with Gasteiger partial charge in [0.15, 0.2) is 0 Å². The van der Waals surface area contributed by atoms with Crippen molar-refractivity contribution in [3.63, 3.8) is 0 Å². The van der Waals surface area contributed by atoms with Gasteiger partial charge in [-0.3, -0.25) is 0 Å². The van der Waals surface area contributed by atoms with E-state index in [0.717, 1.165) is 41.7 Å². The molecule has 0 unspecified atom stereocenters. The van der Waals surface area contributed by atoms with Gasteiger partial charge >= 0.3 is 0 Å². The third-order valence-corrected chi connectivity index (χ3v) is 3.96. The molecule has 0 fully saturated rings. The molecule has 0 atom stereocenters. The second-order valence-electron chi connectivity index (χ2n) is 6.37. The molecule has 0 saturated carbocycles. The Kier molecular flexibility index (Phi) is 5.06. The molecule has 0 aliphatic carbocycles. The van der Waals surface area contributed by atoms with Crippen LogP contribution in [0.5, 0.6) is 0 Å². The molecule has 1 N–H and O–H groups in total. The van der Waals surface area contributed by atoms with Gasteiger partial charge in [0.25, 0.3) is 0 Å². The summed E-state index contributed by atoms with van der Waals surface area (Å²) in [6.45, 7) is 4.01. The van der Waals surface area contributed by atoms with Gasteiger partial charge in [0.05, 0.1) is 11.2 Å². The number of nitrogens with zero attached hydrogens (tertiary/aromatic N) is 3. The second kappa shape index (κ2) is 7.41. The van der Waals surface area contributed by atoms with Gasteiger partial charge in [-0.25, -0.2) is 9.97 Å². The SMILES string of the molecule is Cc1ccc2nc(NCCCN(C)C)nc(-c3ccccc3)c2c1. The molecule has 24 heavy (non-hydrogen) atoms. The summed E-state index contributed by atoms with van der Waals surface area (Å²) in [5.74, 6) is 0.698. The maximum absolute atomic E-state index is 4.79. The Morgan fingerprint density at radius 3 is 2.54 bits per heavy atom. The number of anilines is 1. The molecule has 0 saturated heterocycles. The summed E-state index contributed by atoms with van der Waals surface area (Å²) in [7, 11) is 4.17. The zero-order chi connectivity index (χ0) is 16.9. The largest absolute Gasteiger partial charge is 0.354 e. The van der Waals surface area contributed by atoms with E-state index in [9.17, 15) is 0 Å². The molecule has 1 heterocycles. The number of benzene rings is 2. The van der Waals surface area contributed by atoms with E-state index in [4.69, 9.17) is 4.98 Å². The first-order valence-corrected chi connectivity index (χ1v) is 8.36.